The number of hydrogen-bond donors (Lipinski definition) is 0. The monoisotopic (exact) mass is 382 g/mol. The van der Waals surface area contributed by atoms with Crippen LogP contribution in [-0.2, 0) is 13.0 Å². The predicted octanol–water partition coefficient (Wildman–Crippen LogP) is 3.52. The average molecular weight is 382 g/mol. The molecule has 0 aliphatic carbocycles. The summed E-state index contributed by atoms with van der Waals surface area (Å²) in [5.74, 6) is 1.46. The van der Waals surface area contributed by atoms with Crippen LogP contribution in [0.1, 0.15) is 24.6 Å². The van der Waals surface area contributed by atoms with Gasteiger partial charge in [0.25, 0.3) is 5.56 Å². The number of rotatable bonds is 6. The summed E-state index contributed by atoms with van der Waals surface area (Å²) in [6, 6.07) is 9.42. The summed E-state index contributed by atoms with van der Waals surface area (Å²) in [6.07, 6.45) is 2.41. The zero-order valence-corrected chi connectivity index (χ0v) is 15.8. The molecule has 0 aliphatic rings. The van der Waals surface area contributed by atoms with E-state index in [0.717, 1.165) is 21.7 Å². The van der Waals surface area contributed by atoms with E-state index in [4.69, 9.17) is 9.26 Å². The number of benzene rings is 1. The van der Waals surface area contributed by atoms with Crippen molar-refractivity contribution in [1.82, 2.24) is 19.7 Å². The summed E-state index contributed by atoms with van der Waals surface area (Å²) in [5.41, 5.74) is 0.645. The van der Waals surface area contributed by atoms with Crippen molar-refractivity contribution in [2.24, 2.45) is 0 Å². The molecule has 0 aliphatic heterocycles. The Morgan fingerprint density at radius 1 is 1.26 bits per heavy atom. The van der Waals surface area contributed by atoms with Crippen molar-refractivity contribution in [1.29, 1.82) is 0 Å². The topological polar surface area (TPSA) is 83.0 Å². The van der Waals surface area contributed by atoms with E-state index < -0.39 is 0 Å². The molecule has 0 atom stereocenters. The molecule has 7 nitrogen and oxygen atoms in total. The lowest BCUT2D eigenvalue weighted by atomic mass is 10.2. The molecule has 3 aromatic heterocycles. The summed E-state index contributed by atoms with van der Waals surface area (Å²) < 4.78 is 12.4. The Morgan fingerprint density at radius 3 is 2.93 bits per heavy atom. The number of nitrogens with zero attached hydrogens (tertiary/aromatic N) is 4. The Balaban J connectivity index is 1.64. The van der Waals surface area contributed by atoms with Crippen LogP contribution in [0.5, 0.6) is 5.75 Å². The summed E-state index contributed by atoms with van der Waals surface area (Å²) in [5, 5.41) is 4.66. The second-order valence-electron chi connectivity index (χ2n) is 5.90. The highest BCUT2D eigenvalue weighted by atomic mass is 32.1. The van der Waals surface area contributed by atoms with Gasteiger partial charge in [-0.1, -0.05) is 24.2 Å². The van der Waals surface area contributed by atoms with Gasteiger partial charge in [0.1, 0.15) is 17.1 Å². The van der Waals surface area contributed by atoms with Crippen molar-refractivity contribution in [2.75, 3.05) is 6.61 Å². The molecule has 0 radical (unpaired) electrons. The number of thiophene rings is 1. The molecule has 3 heterocycles. The Bertz CT molecular complexity index is 1150. The molecule has 0 fully saturated rings. The molecule has 138 valence electrons. The van der Waals surface area contributed by atoms with Crippen LogP contribution >= 0.6 is 11.3 Å². The fourth-order valence-corrected chi connectivity index (χ4v) is 3.73. The van der Waals surface area contributed by atoms with Crippen LogP contribution < -0.4 is 10.3 Å². The largest absolute Gasteiger partial charge is 0.493 e. The number of para-hydroxylation sites is 1. The smallest absolute Gasteiger partial charge is 0.262 e. The predicted molar refractivity (Wildman–Crippen MR) is 103 cm³/mol. The highest BCUT2D eigenvalue weighted by molar-refractivity contribution is 7.18. The Kier molecular flexibility index (Phi) is 4.72. The number of aromatic nitrogens is 4. The molecule has 8 heteroatoms. The minimum Gasteiger partial charge on any atom is -0.493 e. The van der Waals surface area contributed by atoms with E-state index in [1.165, 1.54) is 10.9 Å². The first-order valence-corrected chi connectivity index (χ1v) is 9.54. The molecule has 0 unspecified atom stereocenters. The number of fused-ring (bicyclic) bond motifs is 1. The molecular weight excluding hydrogens is 364 g/mol. The zero-order chi connectivity index (χ0) is 18.8. The van der Waals surface area contributed by atoms with E-state index in [0.29, 0.717) is 29.5 Å². The second kappa shape index (κ2) is 7.32. The van der Waals surface area contributed by atoms with E-state index in [1.807, 2.05) is 37.3 Å². The van der Waals surface area contributed by atoms with Crippen LogP contribution in [0.4, 0.5) is 0 Å². The third-order valence-corrected chi connectivity index (χ3v) is 5.31. The Labute approximate surface area is 159 Å². The SMILES string of the molecule is CCOc1ccccc1-c1noc(Cn2cnc3sc(CC)cc3c2=O)n1. The Morgan fingerprint density at radius 2 is 2.11 bits per heavy atom. The van der Waals surface area contributed by atoms with Crippen molar-refractivity contribution in [3.8, 4) is 17.1 Å². The zero-order valence-electron chi connectivity index (χ0n) is 15.0. The van der Waals surface area contributed by atoms with Gasteiger partial charge in [0.15, 0.2) is 0 Å². The standard InChI is InChI=1S/C19H18N4O3S/c1-3-12-9-14-18(27-12)20-11-23(19(14)24)10-16-21-17(22-26-16)13-7-5-6-8-15(13)25-4-2/h5-9,11H,3-4,10H2,1-2H3. The summed E-state index contributed by atoms with van der Waals surface area (Å²) in [7, 11) is 0. The van der Waals surface area contributed by atoms with E-state index >= 15 is 0 Å². The number of ether oxygens (including phenoxy) is 1. The maximum Gasteiger partial charge on any atom is 0.262 e. The van der Waals surface area contributed by atoms with Gasteiger partial charge in [0.2, 0.25) is 11.7 Å². The van der Waals surface area contributed by atoms with E-state index in [-0.39, 0.29) is 12.1 Å². The van der Waals surface area contributed by atoms with Gasteiger partial charge in [-0.2, -0.15) is 4.98 Å². The first-order valence-electron chi connectivity index (χ1n) is 8.72. The number of hydrogen-bond acceptors (Lipinski definition) is 7. The molecule has 27 heavy (non-hydrogen) atoms. The molecule has 0 saturated carbocycles. The van der Waals surface area contributed by atoms with Gasteiger partial charge in [-0.05, 0) is 31.5 Å². The van der Waals surface area contributed by atoms with Gasteiger partial charge in [-0.25, -0.2) is 4.98 Å². The number of aryl methyl sites for hydroxylation is 1. The summed E-state index contributed by atoms with van der Waals surface area (Å²) >= 11 is 1.54. The third-order valence-electron chi connectivity index (χ3n) is 4.12. The maximum atomic E-state index is 12.7. The van der Waals surface area contributed by atoms with Crippen LogP contribution in [0.15, 0.2) is 46.0 Å². The quantitative estimate of drug-likeness (QED) is 0.507. The molecule has 0 N–H and O–H groups in total. The lowest BCUT2D eigenvalue weighted by molar-refractivity contribution is 0.340. The molecule has 4 aromatic rings. The van der Waals surface area contributed by atoms with E-state index in [9.17, 15) is 4.79 Å². The molecule has 0 bridgehead atoms. The minimum atomic E-state index is -0.106. The first-order chi connectivity index (χ1) is 13.2. The first kappa shape index (κ1) is 17.4. The molecule has 1 aromatic carbocycles. The van der Waals surface area contributed by atoms with Crippen molar-refractivity contribution >= 4 is 21.6 Å². The normalized spacial score (nSPS) is 11.2. The average Bonchev–Trinajstić information content (AvgIpc) is 3.32. The van der Waals surface area contributed by atoms with Crippen LogP contribution in [0.3, 0.4) is 0 Å². The fourth-order valence-electron chi connectivity index (χ4n) is 2.80. The maximum absolute atomic E-state index is 12.7. The van der Waals surface area contributed by atoms with Crippen molar-refractivity contribution in [3.63, 3.8) is 0 Å². The fraction of sp³-hybridized carbons (Fsp3) is 0.263. The highest BCUT2D eigenvalue weighted by Gasteiger charge is 2.15. The van der Waals surface area contributed by atoms with E-state index in [1.54, 1.807) is 11.3 Å². The lowest BCUT2D eigenvalue weighted by Gasteiger charge is -2.06. The third kappa shape index (κ3) is 3.35. The van der Waals surface area contributed by atoms with Crippen LogP contribution in [0.25, 0.3) is 21.6 Å². The van der Waals surface area contributed by atoms with Crippen LogP contribution in [-0.4, -0.2) is 26.3 Å². The molecule has 0 spiro atoms. The minimum absolute atomic E-state index is 0.106. The molecule has 4 rings (SSSR count). The van der Waals surface area contributed by atoms with Crippen LogP contribution in [0.2, 0.25) is 0 Å². The highest BCUT2D eigenvalue weighted by Crippen LogP contribution is 2.27. The molecule has 0 amide bonds. The van der Waals surface area contributed by atoms with Gasteiger partial charge in [0, 0.05) is 4.88 Å². The van der Waals surface area contributed by atoms with Crippen LogP contribution in [0, 0.1) is 0 Å². The van der Waals surface area contributed by atoms with Crippen molar-refractivity contribution < 1.29 is 9.26 Å². The van der Waals surface area contributed by atoms with E-state index in [2.05, 4.69) is 22.0 Å². The van der Waals surface area contributed by atoms with Crippen molar-refractivity contribution in [2.45, 2.75) is 26.8 Å². The molecule has 0 saturated heterocycles. The summed E-state index contributed by atoms with van der Waals surface area (Å²) in [4.78, 5) is 23.4. The van der Waals surface area contributed by atoms with Gasteiger partial charge in [-0.15, -0.1) is 11.3 Å². The lowest BCUT2D eigenvalue weighted by Crippen LogP contribution is -2.20. The summed E-state index contributed by atoms with van der Waals surface area (Å²) in [6.45, 7) is 4.69. The van der Waals surface area contributed by atoms with Crippen molar-refractivity contribution in [3.05, 3.63) is 57.8 Å². The molecular formula is C19H18N4O3S. The van der Waals surface area contributed by atoms with Gasteiger partial charge in [-0.3, -0.25) is 9.36 Å². The Hall–Kier alpha value is -3.00. The van der Waals surface area contributed by atoms with Gasteiger partial charge >= 0.3 is 0 Å². The van der Waals surface area contributed by atoms with Gasteiger partial charge in [0.05, 0.1) is 23.9 Å². The second-order valence-corrected chi connectivity index (χ2v) is 7.02. The van der Waals surface area contributed by atoms with Gasteiger partial charge < -0.3 is 9.26 Å².